The number of carbonyl (C=O) groups is 7. The molecule has 0 spiro atoms. The molecule has 14 nitrogen and oxygen atoms in total. The van der Waals surface area contributed by atoms with Crippen molar-refractivity contribution in [1.29, 1.82) is 0 Å². The molecule has 0 aromatic rings. The van der Waals surface area contributed by atoms with Crippen molar-refractivity contribution in [2.75, 3.05) is 39.6 Å². The Kier molecular flexibility index (Phi) is 49.7. The summed E-state index contributed by atoms with van der Waals surface area (Å²) in [5, 5.41) is 0. The summed E-state index contributed by atoms with van der Waals surface area (Å²) in [6.07, 6.45) is 28.0. The predicted octanol–water partition coefficient (Wildman–Crippen LogP) is 10.9. The number of hydrogen-bond donors (Lipinski definition) is 0. The van der Waals surface area contributed by atoms with Crippen LogP contribution < -0.4 is 0 Å². The molecular formula is C52H92NO13W-3. The van der Waals surface area contributed by atoms with Crippen LogP contribution in [0.4, 0.5) is 0 Å². The van der Waals surface area contributed by atoms with Gasteiger partial charge in [0.1, 0.15) is 13.2 Å². The first-order valence-electron chi connectivity index (χ1n) is 25.4. The molecule has 3 unspecified atom stereocenters. The number of rotatable bonds is 38. The number of carbonyl (C=O) groups excluding carboxylic acids is 7. The van der Waals surface area contributed by atoms with Crippen LogP contribution in [0.5, 0.6) is 0 Å². The molecule has 392 valence electrons. The number of unbranched alkanes of at least 4 members (excludes halogenated alkanes) is 20. The third kappa shape index (κ3) is 46.1. The summed E-state index contributed by atoms with van der Waals surface area (Å²) < 4.78 is 30.5. The van der Waals surface area contributed by atoms with Crippen LogP contribution in [0.2, 0.25) is 0 Å². The van der Waals surface area contributed by atoms with Gasteiger partial charge in [-0.05, 0) is 32.1 Å². The van der Waals surface area contributed by atoms with Gasteiger partial charge in [0.05, 0.1) is 51.4 Å². The molecule has 1 amide bonds. The van der Waals surface area contributed by atoms with Gasteiger partial charge in [0.2, 0.25) is 5.91 Å². The maximum atomic E-state index is 12.7. The normalized spacial score (nSPS) is 14.0. The van der Waals surface area contributed by atoms with Gasteiger partial charge in [-0.2, -0.15) is 0 Å². The van der Waals surface area contributed by atoms with Gasteiger partial charge in [0.15, 0.2) is 17.9 Å². The van der Waals surface area contributed by atoms with Gasteiger partial charge in [-0.1, -0.05) is 156 Å². The summed E-state index contributed by atoms with van der Waals surface area (Å²) in [4.78, 5) is 82.5. The Bertz CT molecular complexity index is 1240. The molecule has 1 fully saturated rings. The first-order chi connectivity index (χ1) is 31.7. The van der Waals surface area contributed by atoms with Crippen LogP contribution in [0.3, 0.4) is 0 Å². The fraction of sp³-hybridized carbons (Fsp3) is 0.808. The quantitative estimate of drug-likeness (QED) is 0.0247. The van der Waals surface area contributed by atoms with Crippen molar-refractivity contribution in [3.05, 3.63) is 20.8 Å². The molecular weight excluding hydrogens is 1030 g/mol. The van der Waals surface area contributed by atoms with Crippen molar-refractivity contribution in [2.24, 2.45) is 5.92 Å². The minimum absolute atomic E-state index is 0. The molecule has 0 aromatic carbocycles. The van der Waals surface area contributed by atoms with E-state index in [1.165, 1.54) is 88.9 Å². The molecule has 15 heteroatoms. The van der Waals surface area contributed by atoms with E-state index in [9.17, 15) is 33.6 Å². The number of ether oxygens (including phenoxy) is 6. The zero-order chi connectivity index (χ0) is 49.6. The topological polar surface area (TPSA) is 178 Å². The molecule has 67 heavy (non-hydrogen) atoms. The number of nitrogens with zero attached hydrogens (tertiary/aromatic N) is 1. The van der Waals surface area contributed by atoms with Gasteiger partial charge < -0.3 is 33.3 Å². The van der Waals surface area contributed by atoms with Gasteiger partial charge in [0.25, 0.3) is 0 Å². The minimum Gasteiger partial charge on any atom is -0.488 e. The Morgan fingerprint density at radius 3 is 1.18 bits per heavy atom. The van der Waals surface area contributed by atoms with Crippen molar-refractivity contribution < 1.29 is 83.0 Å². The minimum atomic E-state index is -0.669. The zero-order valence-corrected chi connectivity index (χ0v) is 45.5. The van der Waals surface area contributed by atoms with E-state index in [4.69, 9.17) is 28.4 Å². The van der Waals surface area contributed by atoms with Crippen molar-refractivity contribution in [3.63, 3.8) is 0 Å². The van der Waals surface area contributed by atoms with Gasteiger partial charge in [-0.15, -0.1) is 0 Å². The maximum Gasteiger partial charge on any atom is 0.306 e. The van der Waals surface area contributed by atoms with Gasteiger partial charge in [0, 0.05) is 40.3 Å². The fourth-order valence-corrected chi connectivity index (χ4v) is 7.21. The molecule has 0 N–H and O–H groups in total. The fourth-order valence-electron chi connectivity index (χ4n) is 7.21. The molecule has 1 aliphatic heterocycles. The summed E-state index contributed by atoms with van der Waals surface area (Å²) in [5.41, 5.74) is 0. The van der Waals surface area contributed by atoms with E-state index in [0.29, 0.717) is 32.7 Å². The average molecular weight is 1120 g/mol. The Morgan fingerprint density at radius 1 is 0.448 bits per heavy atom. The number of amides is 1. The standard InChI is InChI=1S/C32H54NO9.2C10H19O2.W/c1-5-7-9-11-13-15-17-30(36)41-22-27(19-31(37)39-18-16-14-12-10-8-6-2)20-32(38)42-24-29-21-28(23-40-26(4)35)33(29)25(3)34;2*1-3-4-5-6-7-8-9-12-10(2)11;/h27-29H,4-24H2,1-3H3;2*2-9H2,1H3;/q3*-1;. The van der Waals surface area contributed by atoms with Gasteiger partial charge in [-0.25, -0.2) is 0 Å². The van der Waals surface area contributed by atoms with Crippen molar-refractivity contribution in [1.82, 2.24) is 4.90 Å². The second-order valence-corrected chi connectivity index (χ2v) is 17.3. The van der Waals surface area contributed by atoms with E-state index >= 15 is 0 Å². The summed E-state index contributed by atoms with van der Waals surface area (Å²) in [7, 11) is 0. The molecule has 1 aliphatic rings. The Labute approximate surface area is 420 Å². The maximum absolute atomic E-state index is 12.7. The van der Waals surface area contributed by atoms with Crippen molar-refractivity contribution in [3.8, 4) is 0 Å². The predicted molar refractivity (Wildman–Crippen MR) is 257 cm³/mol. The van der Waals surface area contributed by atoms with E-state index in [0.717, 1.165) is 77.0 Å². The Balaban J connectivity index is -0.00000133. The molecule has 1 saturated heterocycles. The molecule has 3 atom stereocenters. The molecule has 1 heterocycles. The van der Waals surface area contributed by atoms with Gasteiger partial charge in [-0.3, -0.25) is 54.3 Å². The van der Waals surface area contributed by atoms with Crippen LogP contribution >= 0.6 is 0 Å². The smallest absolute Gasteiger partial charge is 0.306 e. The second kappa shape index (κ2) is 49.0. The van der Waals surface area contributed by atoms with Crippen LogP contribution in [-0.4, -0.2) is 98.3 Å². The first kappa shape index (κ1) is 67.9. The van der Waals surface area contributed by atoms with Crippen LogP contribution in [0.1, 0.15) is 214 Å². The van der Waals surface area contributed by atoms with Crippen molar-refractivity contribution >= 4 is 41.7 Å². The van der Waals surface area contributed by atoms with Crippen LogP contribution in [-0.2, 0) is 83.0 Å². The third-order valence-electron chi connectivity index (χ3n) is 11.0. The summed E-state index contributed by atoms with van der Waals surface area (Å²) >= 11 is 0. The van der Waals surface area contributed by atoms with E-state index in [1.807, 2.05) is 0 Å². The zero-order valence-electron chi connectivity index (χ0n) is 42.6. The molecule has 0 aromatic heterocycles. The van der Waals surface area contributed by atoms with E-state index in [-0.39, 0.29) is 77.7 Å². The Hall–Kier alpha value is -3.41. The molecule has 0 bridgehead atoms. The van der Waals surface area contributed by atoms with Crippen LogP contribution in [0.15, 0.2) is 0 Å². The number of likely N-dealkylation sites (tertiary alicyclic amines) is 1. The molecule has 0 saturated carbocycles. The summed E-state index contributed by atoms with van der Waals surface area (Å²) in [6.45, 7) is 20.9. The first-order valence-corrected chi connectivity index (χ1v) is 25.4. The van der Waals surface area contributed by atoms with E-state index in [2.05, 4.69) is 48.5 Å². The average Bonchev–Trinajstić information content (AvgIpc) is 3.25. The monoisotopic (exact) mass is 1120 g/mol. The number of esters is 6. The molecule has 0 aliphatic carbocycles. The molecule has 1 rings (SSSR count). The number of hydrogen-bond acceptors (Lipinski definition) is 13. The second-order valence-electron chi connectivity index (χ2n) is 17.3. The van der Waals surface area contributed by atoms with Gasteiger partial charge >= 0.3 is 17.9 Å². The van der Waals surface area contributed by atoms with E-state index < -0.39 is 35.8 Å². The SMILES string of the molecule is [CH2-]C(=O)OCC1CC(COC(=O)CC(COC(=O)CCCCCCCC)CC(=O)OCCCCCCCC)N1C(C)=O.[CH2-]C(=O)OCCCCCCCC.[CH2-]C(=O)OCCCCCCCC.[W]. The van der Waals surface area contributed by atoms with Crippen molar-refractivity contribution in [2.45, 2.75) is 226 Å². The summed E-state index contributed by atoms with van der Waals surface area (Å²) in [6, 6.07) is -0.604. The summed E-state index contributed by atoms with van der Waals surface area (Å²) in [5.74, 6) is -3.60. The molecule has 0 radical (unpaired) electrons. The third-order valence-corrected chi connectivity index (χ3v) is 11.0. The largest absolute Gasteiger partial charge is 0.488 e. The van der Waals surface area contributed by atoms with Crippen LogP contribution in [0.25, 0.3) is 0 Å². The Morgan fingerprint density at radius 2 is 0.791 bits per heavy atom. The van der Waals surface area contributed by atoms with Crippen LogP contribution in [0, 0.1) is 26.7 Å². The van der Waals surface area contributed by atoms with E-state index in [1.54, 1.807) is 0 Å².